The summed E-state index contributed by atoms with van der Waals surface area (Å²) in [5, 5.41) is 0. The second-order valence-corrected chi connectivity index (χ2v) is 3.84. The summed E-state index contributed by atoms with van der Waals surface area (Å²) in [4.78, 5) is 2.26. The van der Waals surface area contributed by atoms with Gasteiger partial charge in [0.25, 0.3) is 0 Å². The highest BCUT2D eigenvalue weighted by Gasteiger charge is 2.08. The van der Waals surface area contributed by atoms with Crippen molar-refractivity contribution < 1.29 is 9.13 Å². The molecule has 0 fully saturated rings. The Morgan fingerprint density at radius 1 is 1.43 bits per heavy atom. The first kappa shape index (κ1) is 11.3. The fourth-order valence-corrected chi connectivity index (χ4v) is 1.42. The van der Waals surface area contributed by atoms with E-state index in [0.29, 0.717) is 17.2 Å². The summed E-state index contributed by atoms with van der Waals surface area (Å²) in [5.74, 6) is 0.357. The molecule has 1 aromatic rings. The molecule has 78 valence electrons. The number of hydrogen-bond donors (Lipinski definition) is 1. The van der Waals surface area contributed by atoms with E-state index < -0.39 is 0 Å². The van der Waals surface area contributed by atoms with Gasteiger partial charge in [0.15, 0.2) is 0 Å². The van der Waals surface area contributed by atoms with Crippen LogP contribution in [0.3, 0.4) is 0 Å². The first-order valence-corrected chi connectivity index (χ1v) is 4.69. The number of halogens is 1. The van der Waals surface area contributed by atoms with Crippen LogP contribution in [-0.4, -0.2) is 26.1 Å². The van der Waals surface area contributed by atoms with Crippen molar-refractivity contribution in [2.75, 3.05) is 21.2 Å². The summed E-state index contributed by atoms with van der Waals surface area (Å²) in [5.41, 5.74) is 0.827. The highest BCUT2D eigenvalue weighted by molar-refractivity contribution is 7.80. The van der Waals surface area contributed by atoms with E-state index in [1.807, 2.05) is 19.0 Å². The third-order valence-electron chi connectivity index (χ3n) is 1.84. The van der Waals surface area contributed by atoms with Crippen molar-refractivity contribution in [1.82, 2.24) is 4.90 Å². The minimum Gasteiger partial charge on any atom is -0.496 e. The normalized spacial score (nSPS) is 10.7. The first-order valence-electron chi connectivity index (χ1n) is 4.24. The van der Waals surface area contributed by atoms with Crippen molar-refractivity contribution in [1.29, 1.82) is 0 Å². The van der Waals surface area contributed by atoms with Gasteiger partial charge in [-0.25, -0.2) is 4.39 Å². The van der Waals surface area contributed by atoms with Gasteiger partial charge in [-0.15, -0.1) is 12.6 Å². The molecular formula is C10H14FNOS. The highest BCUT2D eigenvalue weighted by atomic mass is 32.1. The molecule has 1 rings (SSSR count). The van der Waals surface area contributed by atoms with E-state index >= 15 is 0 Å². The predicted molar refractivity (Wildman–Crippen MR) is 57.6 cm³/mol. The SMILES string of the molecule is COc1cc(S)c(F)cc1CN(C)C. The second-order valence-electron chi connectivity index (χ2n) is 3.35. The monoisotopic (exact) mass is 215 g/mol. The van der Waals surface area contributed by atoms with Gasteiger partial charge in [0.1, 0.15) is 11.6 Å². The Morgan fingerprint density at radius 2 is 2.07 bits per heavy atom. The average Bonchev–Trinajstić information content (AvgIpc) is 2.10. The lowest BCUT2D eigenvalue weighted by molar-refractivity contribution is 0.369. The van der Waals surface area contributed by atoms with Crippen LogP contribution in [0, 0.1) is 5.82 Å². The van der Waals surface area contributed by atoms with Crippen LogP contribution in [0.15, 0.2) is 17.0 Å². The molecule has 4 heteroatoms. The van der Waals surface area contributed by atoms with Crippen molar-refractivity contribution >= 4 is 12.6 Å². The topological polar surface area (TPSA) is 12.5 Å². The van der Waals surface area contributed by atoms with Gasteiger partial charge in [-0.05, 0) is 26.2 Å². The Labute approximate surface area is 89.1 Å². The highest BCUT2D eigenvalue weighted by Crippen LogP contribution is 2.25. The molecule has 0 spiro atoms. The van der Waals surface area contributed by atoms with Crippen LogP contribution in [-0.2, 0) is 6.54 Å². The Morgan fingerprint density at radius 3 is 2.57 bits per heavy atom. The standard InChI is InChI=1S/C10H14FNOS/c1-12(2)6-7-4-8(11)10(14)5-9(7)13-3/h4-5,14H,6H2,1-3H3. The molecule has 0 aliphatic heterocycles. The average molecular weight is 215 g/mol. The van der Waals surface area contributed by atoms with Crippen LogP contribution in [0.4, 0.5) is 4.39 Å². The van der Waals surface area contributed by atoms with E-state index in [9.17, 15) is 4.39 Å². The molecule has 0 atom stereocenters. The largest absolute Gasteiger partial charge is 0.496 e. The van der Waals surface area contributed by atoms with Gasteiger partial charge in [0.05, 0.1) is 7.11 Å². The molecule has 0 amide bonds. The van der Waals surface area contributed by atoms with Crippen LogP contribution < -0.4 is 4.74 Å². The molecule has 0 heterocycles. The lowest BCUT2D eigenvalue weighted by Gasteiger charge is -2.14. The summed E-state index contributed by atoms with van der Waals surface area (Å²) in [7, 11) is 5.41. The molecule has 1 aromatic carbocycles. The minimum atomic E-state index is -0.314. The molecule has 0 saturated carbocycles. The predicted octanol–water partition coefficient (Wildman–Crippen LogP) is 2.18. The molecule has 0 unspecified atom stereocenters. The molecule has 14 heavy (non-hydrogen) atoms. The van der Waals surface area contributed by atoms with Crippen LogP contribution >= 0.6 is 12.6 Å². The van der Waals surface area contributed by atoms with Crippen LogP contribution in [0.2, 0.25) is 0 Å². The van der Waals surface area contributed by atoms with E-state index in [0.717, 1.165) is 5.56 Å². The maximum absolute atomic E-state index is 13.2. The lowest BCUT2D eigenvalue weighted by atomic mass is 10.2. The summed E-state index contributed by atoms with van der Waals surface area (Å²) in [6, 6.07) is 3.05. The Bertz CT molecular complexity index is 328. The number of nitrogens with zero attached hydrogens (tertiary/aromatic N) is 1. The van der Waals surface area contributed by atoms with Crippen LogP contribution in [0.25, 0.3) is 0 Å². The van der Waals surface area contributed by atoms with Crippen molar-refractivity contribution in [3.05, 3.63) is 23.5 Å². The zero-order valence-electron chi connectivity index (χ0n) is 8.54. The summed E-state index contributed by atoms with van der Waals surface area (Å²) in [6.45, 7) is 0.647. The fourth-order valence-electron chi connectivity index (χ4n) is 1.24. The summed E-state index contributed by atoms with van der Waals surface area (Å²) >= 11 is 3.99. The van der Waals surface area contributed by atoms with Crippen LogP contribution in [0.1, 0.15) is 5.56 Å². The third kappa shape index (κ3) is 2.62. The van der Waals surface area contributed by atoms with Gasteiger partial charge in [0, 0.05) is 17.0 Å². The summed E-state index contributed by atoms with van der Waals surface area (Å²) in [6.07, 6.45) is 0. The van der Waals surface area contributed by atoms with Crippen molar-refractivity contribution in [3.8, 4) is 5.75 Å². The van der Waals surface area contributed by atoms with Crippen molar-refractivity contribution in [3.63, 3.8) is 0 Å². The third-order valence-corrected chi connectivity index (χ3v) is 2.18. The van der Waals surface area contributed by atoms with Gasteiger partial charge in [0.2, 0.25) is 0 Å². The number of thiol groups is 1. The summed E-state index contributed by atoms with van der Waals surface area (Å²) < 4.78 is 18.3. The molecule has 0 N–H and O–H groups in total. The van der Waals surface area contributed by atoms with Crippen molar-refractivity contribution in [2.24, 2.45) is 0 Å². The van der Waals surface area contributed by atoms with Crippen molar-refractivity contribution in [2.45, 2.75) is 11.4 Å². The second kappa shape index (κ2) is 4.66. The smallest absolute Gasteiger partial charge is 0.137 e. The zero-order chi connectivity index (χ0) is 10.7. The van der Waals surface area contributed by atoms with E-state index in [1.54, 1.807) is 13.2 Å². The Kier molecular flexibility index (Phi) is 3.77. The molecule has 0 aliphatic carbocycles. The molecule has 0 radical (unpaired) electrons. The maximum atomic E-state index is 13.2. The molecule has 0 aromatic heterocycles. The lowest BCUT2D eigenvalue weighted by Crippen LogP contribution is -2.11. The maximum Gasteiger partial charge on any atom is 0.137 e. The number of ether oxygens (including phenoxy) is 1. The number of hydrogen-bond acceptors (Lipinski definition) is 3. The molecule has 0 bridgehead atoms. The molecular weight excluding hydrogens is 201 g/mol. The van der Waals surface area contributed by atoms with Gasteiger partial charge in [-0.2, -0.15) is 0 Å². The molecule has 0 saturated heterocycles. The van der Waals surface area contributed by atoms with Gasteiger partial charge in [-0.1, -0.05) is 0 Å². The van der Waals surface area contributed by atoms with Gasteiger partial charge in [-0.3, -0.25) is 0 Å². The quantitative estimate of drug-likeness (QED) is 0.776. The first-order chi connectivity index (χ1) is 6.54. The number of methoxy groups -OCH3 is 1. The van der Waals surface area contributed by atoms with Gasteiger partial charge >= 0.3 is 0 Å². The number of benzene rings is 1. The van der Waals surface area contributed by atoms with E-state index in [1.165, 1.54) is 6.07 Å². The van der Waals surface area contributed by atoms with Gasteiger partial charge < -0.3 is 9.64 Å². The van der Waals surface area contributed by atoms with Crippen LogP contribution in [0.5, 0.6) is 5.75 Å². The van der Waals surface area contributed by atoms with E-state index in [2.05, 4.69) is 12.6 Å². The Hall–Kier alpha value is -0.740. The Balaban J connectivity index is 3.07. The fraction of sp³-hybridized carbons (Fsp3) is 0.400. The minimum absolute atomic E-state index is 0.310. The molecule has 0 aliphatic rings. The zero-order valence-corrected chi connectivity index (χ0v) is 9.44. The van der Waals surface area contributed by atoms with E-state index in [4.69, 9.17) is 4.74 Å². The molecule has 2 nitrogen and oxygen atoms in total. The van der Waals surface area contributed by atoms with E-state index in [-0.39, 0.29) is 5.82 Å². The number of rotatable bonds is 3.